The van der Waals surface area contributed by atoms with Gasteiger partial charge in [0.2, 0.25) is 10.9 Å². The molecule has 0 bridgehead atoms. The van der Waals surface area contributed by atoms with Gasteiger partial charge in [0, 0.05) is 6.54 Å². The molecule has 0 atom stereocenters. The van der Waals surface area contributed by atoms with Gasteiger partial charge >= 0.3 is 5.97 Å². The van der Waals surface area contributed by atoms with Gasteiger partial charge in [0.05, 0.1) is 0 Å². The molecule has 6 nitrogen and oxygen atoms in total. The van der Waals surface area contributed by atoms with E-state index >= 15 is 0 Å². The maximum Gasteiger partial charge on any atom is 0.371 e. The van der Waals surface area contributed by atoms with Crippen LogP contribution in [-0.4, -0.2) is 19.5 Å². The molecule has 1 heterocycles. The van der Waals surface area contributed by atoms with Crippen molar-refractivity contribution in [1.29, 1.82) is 0 Å². The maximum absolute atomic E-state index is 11.8. The molecule has 2 rings (SSSR count). The van der Waals surface area contributed by atoms with Gasteiger partial charge in [-0.25, -0.2) is 17.9 Å². The lowest BCUT2D eigenvalue weighted by molar-refractivity contribution is 0.0656. The minimum Gasteiger partial charge on any atom is -0.475 e. The minimum atomic E-state index is -3.85. The Kier molecular flexibility index (Phi) is 3.68. The third-order valence-electron chi connectivity index (χ3n) is 2.37. The Labute approximate surface area is 109 Å². The van der Waals surface area contributed by atoms with Gasteiger partial charge in [-0.3, -0.25) is 0 Å². The first-order valence-electron chi connectivity index (χ1n) is 5.36. The fraction of sp³-hybridized carbons (Fsp3) is 0.0833. The van der Waals surface area contributed by atoms with Crippen LogP contribution in [0.2, 0.25) is 0 Å². The maximum atomic E-state index is 11.8. The first-order valence-corrected chi connectivity index (χ1v) is 6.84. The van der Waals surface area contributed by atoms with Crippen molar-refractivity contribution in [2.45, 2.75) is 11.6 Å². The van der Waals surface area contributed by atoms with E-state index in [0.29, 0.717) is 0 Å². The van der Waals surface area contributed by atoms with Crippen molar-refractivity contribution in [2.24, 2.45) is 0 Å². The number of nitrogens with one attached hydrogen (secondary N) is 1. The van der Waals surface area contributed by atoms with Crippen LogP contribution in [0, 0.1) is 0 Å². The SMILES string of the molecule is O=C(O)c1ccc(S(=O)(=O)NCc2ccccc2)o1. The number of sulfonamides is 1. The van der Waals surface area contributed by atoms with E-state index in [9.17, 15) is 13.2 Å². The summed E-state index contributed by atoms with van der Waals surface area (Å²) in [5, 5.41) is 8.25. The van der Waals surface area contributed by atoms with E-state index in [4.69, 9.17) is 9.52 Å². The number of carboxylic acid groups (broad SMARTS) is 1. The largest absolute Gasteiger partial charge is 0.475 e. The van der Waals surface area contributed by atoms with Crippen LogP contribution in [0.25, 0.3) is 0 Å². The van der Waals surface area contributed by atoms with Gasteiger partial charge in [0.25, 0.3) is 10.0 Å². The summed E-state index contributed by atoms with van der Waals surface area (Å²) < 4.78 is 30.8. The Bertz CT molecular complexity index is 675. The third kappa shape index (κ3) is 3.21. The summed E-state index contributed by atoms with van der Waals surface area (Å²) in [6, 6.07) is 11.2. The second kappa shape index (κ2) is 5.25. The number of hydrogen-bond acceptors (Lipinski definition) is 4. The summed E-state index contributed by atoms with van der Waals surface area (Å²) in [6.45, 7) is 0.103. The fourth-order valence-corrected chi connectivity index (χ4v) is 2.37. The monoisotopic (exact) mass is 281 g/mol. The van der Waals surface area contributed by atoms with E-state index in [0.717, 1.165) is 17.7 Å². The highest BCUT2D eigenvalue weighted by molar-refractivity contribution is 7.89. The van der Waals surface area contributed by atoms with E-state index in [1.54, 1.807) is 24.3 Å². The molecule has 1 aromatic heterocycles. The summed E-state index contributed by atoms with van der Waals surface area (Å²) in [4.78, 5) is 10.6. The molecule has 0 aliphatic heterocycles. The quantitative estimate of drug-likeness (QED) is 0.864. The van der Waals surface area contributed by atoms with Gasteiger partial charge in [-0.2, -0.15) is 0 Å². The molecule has 7 heteroatoms. The zero-order valence-electron chi connectivity index (χ0n) is 9.74. The van der Waals surface area contributed by atoms with Crippen molar-refractivity contribution < 1.29 is 22.7 Å². The lowest BCUT2D eigenvalue weighted by Crippen LogP contribution is -2.22. The lowest BCUT2D eigenvalue weighted by atomic mass is 10.2. The predicted octanol–water partition coefficient (Wildman–Crippen LogP) is 1.46. The number of rotatable bonds is 5. The van der Waals surface area contributed by atoms with Crippen LogP contribution in [0.5, 0.6) is 0 Å². The van der Waals surface area contributed by atoms with Crippen molar-refractivity contribution in [3.05, 3.63) is 53.8 Å². The lowest BCUT2D eigenvalue weighted by Gasteiger charge is -2.03. The molecule has 2 N–H and O–H groups in total. The predicted molar refractivity (Wildman–Crippen MR) is 66.1 cm³/mol. The molecule has 0 saturated heterocycles. The summed E-state index contributed by atoms with van der Waals surface area (Å²) in [7, 11) is -3.85. The number of hydrogen-bond donors (Lipinski definition) is 2. The van der Waals surface area contributed by atoms with Crippen molar-refractivity contribution in [3.63, 3.8) is 0 Å². The molecule has 19 heavy (non-hydrogen) atoms. The van der Waals surface area contributed by atoms with Crippen LogP contribution in [-0.2, 0) is 16.6 Å². The number of carbonyl (C=O) groups is 1. The number of carboxylic acids is 1. The molecule has 0 radical (unpaired) electrons. The van der Waals surface area contributed by atoms with Crippen LogP contribution >= 0.6 is 0 Å². The van der Waals surface area contributed by atoms with Gasteiger partial charge < -0.3 is 9.52 Å². The molecule has 0 unspecified atom stereocenters. The van der Waals surface area contributed by atoms with Gasteiger partial charge in [-0.15, -0.1) is 0 Å². The second-order valence-electron chi connectivity index (χ2n) is 3.73. The smallest absolute Gasteiger partial charge is 0.371 e. The molecule has 0 saturated carbocycles. The first-order chi connectivity index (χ1) is 8.99. The highest BCUT2D eigenvalue weighted by Crippen LogP contribution is 2.14. The minimum absolute atomic E-state index is 0.103. The van der Waals surface area contributed by atoms with Gasteiger partial charge in [0.1, 0.15) is 0 Å². The summed E-state index contributed by atoms with van der Waals surface area (Å²) in [5.74, 6) is -1.73. The zero-order valence-corrected chi connectivity index (χ0v) is 10.6. The first kappa shape index (κ1) is 13.3. The molecule has 2 aromatic rings. The highest BCUT2D eigenvalue weighted by Gasteiger charge is 2.20. The normalized spacial score (nSPS) is 11.4. The van der Waals surface area contributed by atoms with Crippen molar-refractivity contribution in [2.75, 3.05) is 0 Å². The zero-order chi connectivity index (χ0) is 13.9. The van der Waals surface area contributed by atoms with Gasteiger partial charge in [0.15, 0.2) is 0 Å². The Morgan fingerprint density at radius 3 is 2.42 bits per heavy atom. The van der Waals surface area contributed by atoms with Crippen LogP contribution < -0.4 is 4.72 Å². The number of furan rings is 1. The van der Waals surface area contributed by atoms with Crippen molar-refractivity contribution in [3.8, 4) is 0 Å². The topological polar surface area (TPSA) is 96.6 Å². The molecule has 0 amide bonds. The van der Waals surface area contributed by atoms with Gasteiger partial charge in [-0.05, 0) is 17.7 Å². The number of benzene rings is 1. The third-order valence-corrected chi connectivity index (χ3v) is 3.64. The van der Waals surface area contributed by atoms with E-state index in [2.05, 4.69) is 4.72 Å². The molecule has 0 spiro atoms. The molecule has 0 aliphatic rings. The van der Waals surface area contributed by atoms with Crippen LogP contribution in [0.4, 0.5) is 0 Å². The molecule has 1 aromatic carbocycles. The Hall–Kier alpha value is -2.12. The summed E-state index contributed by atoms with van der Waals surface area (Å²) in [6.07, 6.45) is 0. The van der Waals surface area contributed by atoms with E-state index in [1.165, 1.54) is 0 Å². The van der Waals surface area contributed by atoms with Gasteiger partial charge in [-0.1, -0.05) is 30.3 Å². The van der Waals surface area contributed by atoms with E-state index in [1.807, 2.05) is 6.07 Å². The Morgan fingerprint density at radius 1 is 1.16 bits per heavy atom. The fourth-order valence-electron chi connectivity index (χ4n) is 1.42. The Morgan fingerprint density at radius 2 is 1.84 bits per heavy atom. The number of aromatic carboxylic acids is 1. The average molecular weight is 281 g/mol. The highest BCUT2D eigenvalue weighted by atomic mass is 32.2. The molecule has 0 fully saturated rings. The average Bonchev–Trinajstić information content (AvgIpc) is 2.88. The van der Waals surface area contributed by atoms with Crippen molar-refractivity contribution >= 4 is 16.0 Å². The van der Waals surface area contributed by atoms with Crippen LogP contribution in [0.15, 0.2) is 52.0 Å². The molecule has 100 valence electrons. The second-order valence-corrected chi connectivity index (χ2v) is 5.43. The summed E-state index contributed by atoms with van der Waals surface area (Å²) >= 11 is 0. The molecular weight excluding hydrogens is 270 g/mol. The van der Waals surface area contributed by atoms with E-state index < -0.39 is 26.8 Å². The summed E-state index contributed by atoms with van der Waals surface area (Å²) in [5.41, 5.74) is 0.788. The van der Waals surface area contributed by atoms with Crippen LogP contribution in [0.1, 0.15) is 16.1 Å². The van der Waals surface area contributed by atoms with E-state index in [-0.39, 0.29) is 6.54 Å². The molecule has 0 aliphatic carbocycles. The standard InChI is InChI=1S/C12H11NO5S/c14-12(15)10-6-7-11(18-10)19(16,17)13-8-9-4-2-1-3-5-9/h1-7,13H,8H2,(H,14,15). The van der Waals surface area contributed by atoms with Crippen LogP contribution in [0.3, 0.4) is 0 Å². The Balaban J connectivity index is 2.12. The van der Waals surface area contributed by atoms with Crippen molar-refractivity contribution in [1.82, 2.24) is 4.72 Å². The molecular formula is C12H11NO5S.